The van der Waals surface area contributed by atoms with Crippen molar-refractivity contribution in [3.63, 3.8) is 0 Å². The molecule has 0 radical (unpaired) electrons. The van der Waals surface area contributed by atoms with Crippen LogP contribution in [-0.4, -0.2) is 35.6 Å². The zero-order valence-corrected chi connectivity index (χ0v) is 19.8. The molecule has 1 unspecified atom stereocenters. The first-order valence-electron chi connectivity index (χ1n) is 11.3. The number of aliphatic hydroxyl groups excluding tert-OH is 1. The summed E-state index contributed by atoms with van der Waals surface area (Å²) in [6, 6.07) is 18.9. The Balaban J connectivity index is 1.87. The first-order valence-corrected chi connectivity index (χ1v) is 11.3. The number of ether oxygens (including phenoxy) is 2. The molecule has 7 heteroatoms. The third-order valence-corrected chi connectivity index (χ3v) is 5.73. The summed E-state index contributed by atoms with van der Waals surface area (Å²) in [5, 5.41) is 21.8. The van der Waals surface area contributed by atoms with E-state index < -0.39 is 17.7 Å². The highest BCUT2D eigenvalue weighted by Crippen LogP contribution is 2.46. The quantitative estimate of drug-likeness (QED) is 0.283. The van der Waals surface area contributed by atoms with E-state index in [9.17, 15) is 19.8 Å². The summed E-state index contributed by atoms with van der Waals surface area (Å²) in [7, 11) is 1.49. The van der Waals surface area contributed by atoms with Crippen molar-refractivity contribution >= 4 is 23.1 Å². The van der Waals surface area contributed by atoms with Gasteiger partial charge in [0.1, 0.15) is 23.0 Å². The second-order valence-corrected chi connectivity index (χ2v) is 8.63. The Bertz CT molecular complexity index is 1280. The zero-order valence-electron chi connectivity index (χ0n) is 19.8. The number of ketones is 1. The van der Waals surface area contributed by atoms with Crippen molar-refractivity contribution in [1.82, 2.24) is 0 Å². The van der Waals surface area contributed by atoms with Crippen molar-refractivity contribution in [1.29, 1.82) is 0 Å². The maximum Gasteiger partial charge on any atom is 0.300 e. The Morgan fingerprint density at radius 2 is 1.63 bits per heavy atom. The van der Waals surface area contributed by atoms with Crippen LogP contribution in [0.5, 0.6) is 17.2 Å². The summed E-state index contributed by atoms with van der Waals surface area (Å²) in [5.41, 5.74) is 0.911. The van der Waals surface area contributed by atoms with Crippen LogP contribution in [0.1, 0.15) is 31.0 Å². The van der Waals surface area contributed by atoms with E-state index in [1.165, 1.54) is 18.1 Å². The third kappa shape index (κ3) is 4.57. The van der Waals surface area contributed by atoms with Crippen molar-refractivity contribution in [2.75, 3.05) is 18.6 Å². The van der Waals surface area contributed by atoms with Crippen LogP contribution in [0.4, 0.5) is 5.69 Å². The van der Waals surface area contributed by atoms with Crippen molar-refractivity contribution in [3.05, 3.63) is 89.5 Å². The Morgan fingerprint density at radius 3 is 2.29 bits per heavy atom. The fourth-order valence-corrected chi connectivity index (χ4v) is 4.06. The highest BCUT2D eigenvalue weighted by Gasteiger charge is 2.48. The van der Waals surface area contributed by atoms with Gasteiger partial charge < -0.3 is 19.7 Å². The lowest BCUT2D eigenvalue weighted by atomic mass is 9.94. The molecule has 1 fully saturated rings. The number of amides is 1. The molecule has 180 valence electrons. The van der Waals surface area contributed by atoms with Gasteiger partial charge in [-0.15, -0.1) is 0 Å². The summed E-state index contributed by atoms with van der Waals surface area (Å²) in [4.78, 5) is 27.7. The predicted molar refractivity (Wildman–Crippen MR) is 133 cm³/mol. The Kier molecular flexibility index (Phi) is 6.78. The number of para-hydroxylation sites is 3. The molecule has 1 atom stereocenters. The number of benzene rings is 3. The molecule has 0 aliphatic carbocycles. The minimum atomic E-state index is -1.02. The molecule has 4 rings (SSSR count). The normalized spacial score (nSPS) is 17.1. The maximum atomic E-state index is 13.3. The second kappa shape index (κ2) is 9.93. The van der Waals surface area contributed by atoms with Crippen molar-refractivity contribution in [2.24, 2.45) is 5.92 Å². The molecule has 1 heterocycles. The van der Waals surface area contributed by atoms with Gasteiger partial charge >= 0.3 is 0 Å². The number of anilines is 1. The van der Waals surface area contributed by atoms with E-state index in [1.54, 1.807) is 66.7 Å². The van der Waals surface area contributed by atoms with Crippen LogP contribution >= 0.6 is 0 Å². The minimum absolute atomic E-state index is 0.0985. The number of aromatic hydroxyl groups is 1. The highest BCUT2D eigenvalue weighted by molar-refractivity contribution is 6.52. The molecule has 0 aromatic heterocycles. The van der Waals surface area contributed by atoms with Crippen LogP contribution in [-0.2, 0) is 9.59 Å². The van der Waals surface area contributed by atoms with Gasteiger partial charge in [0.05, 0.1) is 31.0 Å². The van der Waals surface area contributed by atoms with Crippen LogP contribution in [0.3, 0.4) is 0 Å². The van der Waals surface area contributed by atoms with Crippen molar-refractivity contribution < 1.29 is 29.3 Å². The topological polar surface area (TPSA) is 96.3 Å². The number of Topliss-reactive ketones (excluding diaryl/α,β-unsaturated/α-hetero) is 1. The van der Waals surface area contributed by atoms with Crippen LogP contribution in [0.25, 0.3) is 5.76 Å². The Hall–Kier alpha value is -4.26. The number of nitrogens with zero attached hydrogens (tertiary/aromatic N) is 1. The highest BCUT2D eigenvalue weighted by atomic mass is 16.5. The fraction of sp³-hybridized carbons (Fsp3) is 0.214. The van der Waals surface area contributed by atoms with E-state index in [-0.39, 0.29) is 22.8 Å². The lowest BCUT2D eigenvalue weighted by Gasteiger charge is -2.27. The maximum absolute atomic E-state index is 13.3. The monoisotopic (exact) mass is 473 g/mol. The largest absolute Gasteiger partial charge is 0.507 e. The van der Waals surface area contributed by atoms with Gasteiger partial charge in [0, 0.05) is 11.1 Å². The number of phenols is 1. The van der Waals surface area contributed by atoms with Crippen LogP contribution in [0, 0.1) is 5.92 Å². The van der Waals surface area contributed by atoms with Gasteiger partial charge in [-0.25, -0.2) is 0 Å². The number of hydrogen-bond acceptors (Lipinski definition) is 6. The van der Waals surface area contributed by atoms with Crippen molar-refractivity contribution in [2.45, 2.75) is 19.9 Å². The van der Waals surface area contributed by atoms with E-state index in [2.05, 4.69) is 0 Å². The molecular weight excluding hydrogens is 446 g/mol. The van der Waals surface area contributed by atoms with E-state index >= 15 is 0 Å². The number of carbonyl (C=O) groups is 2. The molecule has 1 saturated heterocycles. The number of hydrogen-bond donors (Lipinski definition) is 2. The molecule has 0 spiro atoms. The standard InChI is InChI=1S/C28H27NO6/c1-17(2)16-35-19-14-12-18(13-15-19)26(31)24-25(20-8-4-7-11-23(20)34-3)29(28(33)27(24)32)21-9-5-6-10-22(21)30/h4-15,17,25,30-31H,16H2,1-3H3/b26-24+. The lowest BCUT2D eigenvalue weighted by molar-refractivity contribution is -0.132. The van der Waals surface area contributed by atoms with Gasteiger partial charge in [0.25, 0.3) is 11.7 Å². The second-order valence-electron chi connectivity index (χ2n) is 8.63. The molecule has 1 aliphatic rings. The van der Waals surface area contributed by atoms with E-state index in [0.29, 0.717) is 35.2 Å². The first kappa shape index (κ1) is 23.9. The fourth-order valence-electron chi connectivity index (χ4n) is 4.06. The molecule has 3 aromatic carbocycles. The van der Waals surface area contributed by atoms with Crippen molar-refractivity contribution in [3.8, 4) is 17.2 Å². The Morgan fingerprint density at radius 1 is 0.971 bits per heavy atom. The SMILES string of the molecule is COc1ccccc1C1/C(=C(\O)c2ccc(OCC(C)C)cc2)C(=O)C(=O)N1c1ccccc1O. The minimum Gasteiger partial charge on any atom is -0.507 e. The number of carbonyl (C=O) groups excluding carboxylic acids is 2. The number of rotatable bonds is 7. The summed E-state index contributed by atoms with van der Waals surface area (Å²) in [6.45, 7) is 4.63. The lowest BCUT2D eigenvalue weighted by Crippen LogP contribution is -2.29. The first-order chi connectivity index (χ1) is 16.8. The average Bonchev–Trinajstić information content (AvgIpc) is 3.13. The third-order valence-electron chi connectivity index (χ3n) is 5.73. The Labute approximate surface area is 203 Å². The molecule has 2 N–H and O–H groups in total. The smallest absolute Gasteiger partial charge is 0.300 e. The van der Waals surface area contributed by atoms with Gasteiger partial charge in [-0.05, 0) is 48.4 Å². The summed E-state index contributed by atoms with van der Waals surface area (Å²) in [6.07, 6.45) is 0. The van der Waals surface area contributed by atoms with Crippen LogP contribution in [0.15, 0.2) is 78.4 Å². The van der Waals surface area contributed by atoms with Gasteiger partial charge in [-0.3, -0.25) is 14.5 Å². The number of methoxy groups -OCH3 is 1. The van der Waals surface area contributed by atoms with E-state index in [0.717, 1.165) is 0 Å². The van der Waals surface area contributed by atoms with Crippen LogP contribution < -0.4 is 14.4 Å². The summed E-state index contributed by atoms with van der Waals surface area (Å²) < 4.78 is 11.2. The zero-order chi connectivity index (χ0) is 25.1. The van der Waals surface area contributed by atoms with E-state index in [1.807, 2.05) is 13.8 Å². The van der Waals surface area contributed by atoms with Gasteiger partial charge in [0.15, 0.2) is 0 Å². The molecular formula is C28H27NO6. The van der Waals surface area contributed by atoms with Gasteiger partial charge in [0.2, 0.25) is 0 Å². The molecule has 3 aromatic rings. The number of aliphatic hydroxyl groups is 1. The predicted octanol–water partition coefficient (Wildman–Crippen LogP) is 5.06. The molecule has 7 nitrogen and oxygen atoms in total. The molecule has 1 amide bonds. The number of phenolic OH excluding ortho intramolecular Hbond substituents is 1. The summed E-state index contributed by atoms with van der Waals surface area (Å²) in [5.74, 6) is -0.792. The summed E-state index contributed by atoms with van der Waals surface area (Å²) >= 11 is 0. The van der Waals surface area contributed by atoms with E-state index in [4.69, 9.17) is 9.47 Å². The molecule has 0 bridgehead atoms. The van der Waals surface area contributed by atoms with Gasteiger partial charge in [-0.2, -0.15) is 0 Å². The average molecular weight is 474 g/mol. The molecule has 1 aliphatic heterocycles. The molecule has 0 saturated carbocycles. The van der Waals surface area contributed by atoms with Gasteiger partial charge in [-0.1, -0.05) is 44.2 Å². The van der Waals surface area contributed by atoms with Crippen LogP contribution in [0.2, 0.25) is 0 Å². The molecule has 35 heavy (non-hydrogen) atoms.